The van der Waals surface area contributed by atoms with Crippen molar-refractivity contribution in [3.63, 3.8) is 0 Å². The Morgan fingerprint density at radius 2 is 1.75 bits per heavy atom. The van der Waals surface area contributed by atoms with Crippen LogP contribution < -0.4 is 4.90 Å². The fourth-order valence-corrected chi connectivity index (χ4v) is 3.93. The van der Waals surface area contributed by atoms with E-state index in [0.29, 0.717) is 32.0 Å². The maximum absolute atomic E-state index is 12.9. The molecule has 1 aromatic carbocycles. The minimum Gasteiger partial charge on any atom is -0.347 e. The average molecular weight is 330 g/mol. The molecule has 1 atom stereocenters. The van der Waals surface area contributed by atoms with E-state index in [2.05, 4.69) is 4.90 Å². The number of benzene rings is 1. The summed E-state index contributed by atoms with van der Waals surface area (Å²) in [6.45, 7) is 4.63. The molecule has 3 aliphatic rings. The van der Waals surface area contributed by atoms with Crippen molar-refractivity contribution in [3.05, 3.63) is 29.8 Å². The summed E-state index contributed by atoms with van der Waals surface area (Å²) in [6, 6.07) is 7.15. The maximum Gasteiger partial charge on any atom is 0.251 e. The lowest BCUT2D eigenvalue weighted by Gasteiger charge is -2.39. The van der Waals surface area contributed by atoms with Gasteiger partial charge < -0.3 is 9.47 Å². The number of imide groups is 1. The number of carbonyl (C=O) groups is 2. The first kappa shape index (κ1) is 15.7. The molecule has 1 aromatic rings. The fourth-order valence-electron chi connectivity index (χ4n) is 3.93. The molecule has 6 heteroatoms. The summed E-state index contributed by atoms with van der Waals surface area (Å²) in [4.78, 5) is 28.8. The molecule has 0 saturated carbocycles. The van der Waals surface area contributed by atoms with Gasteiger partial charge in [0.15, 0.2) is 5.79 Å². The fraction of sp³-hybridized carbons (Fsp3) is 0.556. The van der Waals surface area contributed by atoms with Crippen molar-refractivity contribution >= 4 is 17.5 Å². The van der Waals surface area contributed by atoms with Crippen LogP contribution in [-0.4, -0.2) is 54.8 Å². The molecule has 24 heavy (non-hydrogen) atoms. The summed E-state index contributed by atoms with van der Waals surface area (Å²) >= 11 is 0. The summed E-state index contributed by atoms with van der Waals surface area (Å²) in [5, 5.41) is 0. The first-order chi connectivity index (χ1) is 11.6. The number of ether oxygens (including phenoxy) is 2. The van der Waals surface area contributed by atoms with Gasteiger partial charge in [-0.05, 0) is 18.6 Å². The topological polar surface area (TPSA) is 59.1 Å². The van der Waals surface area contributed by atoms with E-state index in [0.717, 1.165) is 18.4 Å². The van der Waals surface area contributed by atoms with Crippen molar-refractivity contribution in [2.45, 2.75) is 38.0 Å². The van der Waals surface area contributed by atoms with Crippen molar-refractivity contribution in [1.82, 2.24) is 4.90 Å². The van der Waals surface area contributed by atoms with Crippen LogP contribution in [0.1, 0.15) is 24.8 Å². The molecule has 3 fully saturated rings. The number of anilines is 1. The molecular weight excluding hydrogens is 308 g/mol. The van der Waals surface area contributed by atoms with E-state index in [9.17, 15) is 9.59 Å². The number of hydrogen-bond acceptors (Lipinski definition) is 5. The Morgan fingerprint density at radius 3 is 2.42 bits per heavy atom. The predicted molar refractivity (Wildman–Crippen MR) is 87.5 cm³/mol. The van der Waals surface area contributed by atoms with Crippen LogP contribution in [0.4, 0.5) is 5.69 Å². The molecule has 6 nitrogen and oxygen atoms in total. The van der Waals surface area contributed by atoms with Gasteiger partial charge in [0, 0.05) is 25.9 Å². The van der Waals surface area contributed by atoms with Gasteiger partial charge in [0.2, 0.25) is 5.91 Å². The highest BCUT2D eigenvalue weighted by atomic mass is 16.7. The van der Waals surface area contributed by atoms with Crippen LogP contribution in [0.25, 0.3) is 0 Å². The summed E-state index contributed by atoms with van der Waals surface area (Å²) in [7, 11) is 0. The lowest BCUT2D eigenvalue weighted by atomic mass is 10.0. The Bertz CT molecular complexity index is 659. The van der Waals surface area contributed by atoms with Gasteiger partial charge in [0.25, 0.3) is 5.91 Å². The zero-order valence-corrected chi connectivity index (χ0v) is 13.9. The maximum atomic E-state index is 12.9. The van der Waals surface area contributed by atoms with Gasteiger partial charge in [-0.15, -0.1) is 0 Å². The third-order valence-corrected chi connectivity index (χ3v) is 5.29. The van der Waals surface area contributed by atoms with E-state index < -0.39 is 5.79 Å². The molecule has 3 saturated heterocycles. The van der Waals surface area contributed by atoms with Crippen LogP contribution in [0.2, 0.25) is 0 Å². The number of nitrogens with zero attached hydrogens (tertiary/aromatic N) is 2. The predicted octanol–water partition coefficient (Wildman–Crippen LogP) is 1.47. The summed E-state index contributed by atoms with van der Waals surface area (Å²) < 4.78 is 11.5. The number of aryl methyl sites for hydroxylation is 1. The number of hydrogen-bond donors (Lipinski definition) is 0. The zero-order valence-electron chi connectivity index (χ0n) is 13.9. The normalized spacial score (nSPS) is 27.4. The summed E-state index contributed by atoms with van der Waals surface area (Å²) in [5.74, 6) is -0.691. The highest BCUT2D eigenvalue weighted by Gasteiger charge is 2.47. The van der Waals surface area contributed by atoms with E-state index in [1.54, 1.807) is 0 Å². The average Bonchev–Trinajstić information content (AvgIpc) is 3.15. The highest BCUT2D eigenvalue weighted by Crippen LogP contribution is 2.34. The van der Waals surface area contributed by atoms with Gasteiger partial charge in [-0.25, -0.2) is 4.90 Å². The van der Waals surface area contributed by atoms with E-state index in [1.165, 1.54) is 4.90 Å². The number of piperidine rings is 1. The smallest absolute Gasteiger partial charge is 0.251 e. The third-order valence-electron chi connectivity index (χ3n) is 5.29. The number of rotatable bonds is 2. The first-order valence-electron chi connectivity index (χ1n) is 8.54. The molecule has 128 valence electrons. The molecule has 0 aromatic heterocycles. The standard InChI is InChI=1S/C18H22N2O4/c1-13-4-2-3-5-14(13)20-16(21)12-15(17(20)22)19-8-6-18(7-9-19)23-10-11-24-18/h2-5,15H,6-12H2,1H3/t15-/m1/s1. The Labute approximate surface area is 141 Å². The quantitative estimate of drug-likeness (QED) is 0.769. The number of para-hydroxylation sites is 1. The van der Waals surface area contributed by atoms with E-state index >= 15 is 0 Å². The van der Waals surface area contributed by atoms with Gasteiger partial charge in [-0.1, -0.05) is 18.2 Å². The van der Waals surface area contributed by atoms with Crippen molar-refractivity contribution in [1.29, 1.82) is 0 Å². The van der Waals surface area contributed by atoms with Crippen molar-refractivity contribution in [2.24, 2.45) is 0 Å². The second-order valence-corrected chi connectivity index (χ2v) is 6.72. The zero-order chi connectivity index (χ0) is 16.7. The molecular formula is C18H22N2O4. The third kappa shape index (κ3) is 2.55. The molecule has 3 heterocycles. The molecule has 0 aliphatic carbocycles. The lowest BCUT2D eigenvalue weighted by Crippen LogP contribution is -2.51. The Kier molecular flexibility index (Phi) is 3.90. The molecule has 0 radical (unpaired) electrons. The SMILES string of the molecule is Cc1ccccc1N1C(=O)C[C@@H](N2CCC3(CC2)OCCO3)C1=O. The second-order valence-electron chi connectivity index (χ2n) is 6.72. The van der Waals surface area contributed by atoms with Crippen molar-refractivity contribution in [3.8, 4) is 0 Å². The summed E-state index contributed by atoms with van der Waals surface area (Å²) in [5.41, 5.74) is 1.64. The van der Waals surface area contributed by atoms with Crippen LogP contribution in [-0.2, 0) is 19.1 Å². The van der Waals surface area contributed by atoms with E-state index in [-0.39, 0.29) is 24.3 Å². The molecule has 4 rings (SSSR count). The Hall–Kier alpha value is -1.76. The van der Waals surface area contributed by atoms with Gasteiger partial charge in [-0.2, -0.15) is 0 Å². The number of carbonyl (C=O) groups excluding carboxylic acids is 2. The van der Waals surface area contributed by atoms with Crippen LogP contribution >= 0.6 is 0 Å². The Balaban J connectivity index is 1.49. The van der Waals surface area contributed by atoms with Gasteiger partial charge in [-0.3, -0.25) is 14.5 Å². The Morgan fingerprint density at radius 1 is 1.08 bits per heavy atom. The number of likely N-dealkylation sites (tertiary alicyclic amines) is 1. The van der Waals surface area contributed by atoms with Crippen LogP contribution in [0.3, 0.4) is 0 Å². The highest BCUT2D eigenvalue weighted by molar-refractivity contribution is 6.22. The molecule has 1 spiro atoms. The van der Waals surface area contributed by atoms with E-state index in [1.807, 2.05) is 31.2 Å². The summed E-state index contributed by atoms with van der Waals surface area (Å²) in [6.07, 6.45) is 1.74. The van der Waals surface area contributed by atoms with E-state index in [4.69, 9.17) is 9.47 Å². The van der Waals surface area contributed by atoms with Gasteiger partial charge >= 0.3 is 0 Å². The van der Waals surface area contributed by atoms with Crippen LogP contribution in [0.15, 0.2) is 24.3 Å². The van der Waals surface area contributed by atoms with Crippen LogP contribution in [0, 0.1) is 6.92 Å². The lowest BCUT2D eigenvalue weighted by molar-refractivity contribution is -0.188. The largest absolute Gasteiger partial charge is 0.347 e. The molecule has 0 unspecified atom stereocenters. The minimum atomic E-state index is -0.460. The van der Waals surface area contributed by atoms with Crippen LogP contribution in [0.5, 0.6) is 0 Å². The number of amides is 2. The first-order valence-corrected chi connectivity index (χ1v) is 8.54. The molecule has 3 aliphatic heterocycles. The van der Waals surface area contributed by atoms with Gasteiger partial charge in [0.05, 0.1) is 31.4 Å². The minimum absolute atomic E-state index is 0.112. The monoisotopic (exact) mass is 330 g/mol. The van der Waals surface area contributed by atoms with Gasteiger partial charge in [0.1, 0.15) is 0 Å². The van der Waals surface area contributed by atoms with Crippen molar-refractivity contribution < 1.29 is 19.1 Å². The molecule has 0 N–H and O–H groups in total. The van der Waals surface area contributed by atoms with Crippen molar-refractivity contribution in [2.75, 3.05) is 31.2 Å². The molecule has 2 amide bonds. The molecule has 0 bridgehead atoms. The second kappa shape index (κ2) is 5.95.